The van der Waals surface area contributed by atoms with Crippen molar-refractivity contribution in [1.82, 2.24) is 19.8 Å². The molecule has 0 spiro atoms. The Labute approximate surface area is 102 Å². The molecule has 0 atom stereocenters. The molecule has 2 rings (SSSR count). The first-order valence-corrected chi connectivity index (χ1v) is 6.28. The van der Waals surface area contributed by atoms with Crippen LogP contribution >= 0.6 is 0 Å². The molecule has 1 fully saturated rings. The standard InChI is InChI=1S/C12H20N4O/c1-2-16-9-6-14-12(16)11(17)10-15-7-3-4-13-5-8-15/h6,9,13H,2-5,7-8,10H2,1H3. The van der Waals surface area contributed by atoms with E-state index in [4.69, 9.17) is 0 Å². The highest BCUT2D eigenvalue weighted by Crippen LogP contribution is 2.02. The van der Waals surface area contributed by atoms with Crippen LogP contribution in [0.4, 0.5) is 0 Å². The number of rotatable bonds is 4. The summed E-state index contributed by atoms with van der Waals surface area (Å²) in [6.45, 7) is 7.25. The van der Waals surface area contributed by atoms with Crippen molar-refractivity contribution in [2.45, 2.75) is 19.9 Å². The van der Waals surface area contributed by atoms with Gasteiger partial charge in [0, 0.05) is 32.0 Å². The topological polar surface area (TPSA) is 50.2 Å². The van der Waals surface area contributed by atoms with Crippen LogP contribution < -0.4 is 5.32 Å². The van der Waals surface area contributed by atoms with Gasteiger partial charge in [0.1, 0.15) is 0 Å². The maximum absolute atomic E-state index is 12.1. The second-order valence-electron chi connectivity index (χ2n) is 4.34. The molecule has 0 unspecified atom stereocenters. The molecule has 1 aromatic heterocycles. The Morgan fingerprint density at radius 2 is 2.35 bits per heavy atom. The van der Waals surface area contributed by atoms with Gasteiger partial charge in [-0.25, -0.2) is 4.98 Å². The Kier molecular flexibility index (Phi) is 4.28. The van der Waals surface area contributed by atoms with Gasteiger partial charge in [0.15, 0.2) is 5.82 Å². The molecule has 0 radical (unpaired) electrons. The molecule has 1 aliphatic heterocycles. The molecule has 0 aliphatic carbocycles. The number of ketones is 1. The van der Waals surface area contributed by atoms with Crippen LogP contribution in [-0.4, -0.2) is 53.0 Å². The van der Waals surface area contributed by atoms with Gasteiger partial charge < -0.3 is 9.88 Å². The average molecular weight is 236 g/mol. The second-order valence-corrected chi connectivity index (χ2v) is 4.34. The van der Waals surface area contributed by atoms with Gasteiger partial charge in [0.05, 0.1) is 6.54 Å². The predicted octanol–water partition coefficient (Wildman–Crippen LogP) is 0.381. The van der Waals surface area contributed by atoms with Gasteiger partial charge in [0.25, 0.3) is 0 Å². The van der Waals surface area contributed by atoms with Crippen LogP contribution in [-0.2, 0) is 6.54 Å². The largest absolute Gasteiger partial charge is 0.329 e. The third-order valence-corrected chi connectivity index (χ3v) is 3.11. The minimum Gasteiger partial charge on any atom is -0.329 e. The summed E-state index contributed by atoms with van der Waals surface area (Å²) in [5, 5.41) is 3.33. The smallest absolute Gasteiger partial charge is 0.212 e. The van der Waals surface area contributed by atoms with E-state index in [1.54, 1.807) is 6.20 Å². The van der Waals surface area contributed by atoms with Crippen LogP contribution in [0.15, 0.2) is 12.4 Å². The molecule has 1 aliphatic rings. The summed E-state index contributed by atoms with van der Waals surface area (Å²) in [5.41, 5.74) is 0. The molecule has 0 saturated carbocycles. The van der Waals surface area contributed by atoms with Gasteiger partial charge in [-0.2, -0.15) is 0 Å². The number of carbonyl (C=O) groups is 1. The highest BCUT2D eigenvalue weighted by atomic mass is 16.1. The van der Waals surface area contributed by atoms with E-state index in [1.165, 1.54) is 0 Å². The number of aryl methyl sites for hydroxylation is 1. The van der Waals surface area contributed by atoms with Crippen molar-refractivity contribution in [3.05, 3.63) is 18.2 Å². The summed E-state index contributed by atoms with van der Waals surface area (Å²) in [5.74, 6) is 0.712. The van der Waals surface area contributed by atoms with E-state index in [9.17, 15) is 4.79 Å². The molecule has 94 valence electrons. The molecule has 1 aromatic rings. The lowest BCUT2D eigenvalue weighted by Gasteiger charge is -2.18. The molecule has 0 amide bonds. The van der Waals surface area contributed by atoms with E-state index in [2.05, 4.69) is 15.2 Å². The third kappa shape index (κ3) is 3.14. The number of Topliss-reactive ketones (excluding diaryl/α,β-unsaturated/α-hetero) is 1. The minimum atomic E-state index is 0.124. The van der Waals surface area contributed by atoms with Crippen LogP contribution in [0.5, 0.6) is 0 Å². The van der Waals surface area contributed by atoms with E-state index >= 15 is 0 Å². The van der Waals surface area contributed by atoms with Crippen LogP contribution in [0.2, 0.25) is 0 Å². The van der Waals surface area contributed by atoms with Gasteiger partial charge in [-0.05, 0) is 26.4 Å². The molecular weight excluding hydrogens is 216 g/mol. The minimum absolute atomic E-state index is 0.124. The van der Waals surface area contributed by atoms with Gasteiger partial charge in [-0.15, -0.1) is 0 Å². The Hall–Kier alpha value is -1.20. The molecule has 1 N–H and O–H groups in total. The van der Waals surface area contributed by atoms with Crippen LogP contribution in [0.25, 0.3) is 0 Å². The quantitative estimate of drug-likeness (QED) is 0.768. The van der Waals surface area contributed by atoms with Gasteiger partial charge >= 0.3 is 0 Å². The van der Waals surface area contributed by atoms with Crippen molar-refractivity contribution in [1.29, 1.82) is 0 Å². The molecule has 0 aromatic carbocycles. The molecule has 5 nitrogen and oxygen atoms in total. The first kappa shape index (κ1) is 12.3. The van der Waals surface area contributed by atoms with Crippen molar-refractivity contribution in [3.8, 4) is 0 Å². The zero-order valence-corrected chi connectivity index (χ0v) is 10.4. The predicted molar refractivity (Wildman–Crippen MR) is 66.2 cm³/mol. The van der Waals surface area contributed by atoms with Crippen LogP contribution in [0.3, 0.4) is 0 Å². The van der Waals surface area contributed by atoms with Crippen LogP contribution in [0.1, 0.15) is 24.0 Å². The molecule has 17 heavy (non-hydrogen) atoms. The highest BCUT2D eigenvalue weighted by molar-refractivity contribution is 5.94. The van der Waals surface area contributed by atoms with Crippen molar-refractivity contribution in [2.75, 3.05) is 32.7 Å². The van der Waals surface area contributed by atoms with Gasteiger partial charge in [-0.3, -0.25) is 9.69 Å². The molecule has 1 saturated heterocycles. The summed E-state index contributed by atoms with van der Waals surface area (Å²) in [4.78, 5) is 18.5. The van der Waals surface area contributed by atoms with Crippen molar-refractivity contribution < 1.29 is 4.79 Å². The molecule has 2 heterocycles. The highest BCUT2D eigenvalue weighted by Gasteiger charge is 2.17. The zero-order chi connectivity index (χ0) is 12.1. The number of hydrogen-bond acceptors (Lipinski definition) is 4. The number of carbonyl (C=O) groups excluding carboxylic acids is 1. The average Bonchev–Trinajstić information content (AvgIpc) is 2.68. The van der Waals surface area contributed by atoms with Gasteiger partial charge in [0.2, 0.25) is 5.78 Å². The van der Waals surface area contributed by atoms with E-state index in [-0.39, 0.29) is 5.78 Å². The number of hydrogen-bond donors (Lipinski definition) is 1. The normalized spacial score (nSPS) is 17.9. The van der Waals surface area contributed by atoms with E-state index in [0.717, 1.165) is 39.1 Å². The fourth-order valence-corrected chi connectivity index (χ4v) is 2.15. The Morgan fingerprint density at radius 1 is 1.47 bits per heavy atom. The SMILES string of the molecule is CCn1ccnc1C(=O)CN1CCCNCC1. The van der Waals surface area contributed by atoms with Gasteiger partial charge in [-0.1, -0.05) is 0 Å². The van der Waals surface area contributed by atoms with E-state index < -0.39 is 0 Å². The van der Waals surface area contributed by atoms with Crippen molar-refractivity contribution >= 4 is 5.78 Å². The Balaban J connectivity index is 1.96. The van der Waals surface area contributed by atoms with Crippen molar-refractivity contribution in [2.24, 2.45) is 0 Å². The summed E-state index contributed by atoms with van der Waals surface area (Å²) < 4.78 is 1.90. The number of nitrogens with one attached hydrogen (secondary N) is 1. The maximum atomic E-state index is 12.1. The van der Waals surface area contributed by atoms with Crippen molar-refractivity contribution in [3.63, 3.8) is 0 Å². The maximum Gasteiger partial charge on any atom is 0.212 e. The number of imidazole rings is 1. The molecular formula is C12H20N4O. The molecule has 0 bridgehead atoms. The number of nitrogens with zero attached hydrogens (tertiary/aromatic N) is 3. The van der Waals surface area contributed by atoms with Crippen LogP contribution in [0, 0.1) is 0 Å². The molecule has 5 heteroatoms. The second kappa shape index (κ2) is 5.93. The third-order valence-electron chi connectivity index (χ3n) is 3.11. The Bertz CT molecular complexity index is 366. The monoisotopic (exact) mass is 236 g/mol. The summed E-state index contributed by atoms with van der Waals surface area (Å²) >= 11 is 0. The summed E-state index contributed by atoms with van der Waals surface area (Å²) in [7, 11) is 0. The summed E-state index contributed by atoms with van der Waals surface area (Å²) in [6, 6.07) is 0. The zero-order valence-electron chi connectivity index (χ0n) is 10.4. The lowest BCUT2D eigenvalue weighted by Crippen LogP contribution is -2.34. The fourth-order valence-electron chi connectivity index (χ4n) is 2.15. The fraction of sp³-hybridized carbons (Fsp3) is 0.667. The van der Waals surface area contributed by atoms with E-state index in [0.29, 0.717) is 12.4 Å². The lowest BCUT2D eigenvalue weighted by molar-refractivity contribution is 0.0920. The number of aromatic nitrogens is 2. The van der Waals surface area contributed by atoms with E-state index in [1.807, 2.05) is 17.7 Å². The first-order valence-electron chi connectivity index (χ1n) is 6.28. The Morgan fingerprint density at radius 3 is 3.18 bits per heavy atom. The summed E-state index contributed by atoms with van der Waals surface area (Å²) in [6.07, 6.45) is 4.66. The lowest BCUT2D eigenvalue weighted by atomic mass is 10.3. The first-order chi connectivity index (χ1) is 8.31.